The molecule has 0 bridgehead atoms. The number of aromatic hydroxyl groups is 1. The van der Waals surface area contributed by atoms with Gasteiger partial charge in [-0.25, -0.2) is 9.78 Å². The summed E-state index contributed by atoms with van der Waals surface area (Å²) in [6.07, 6.45) is 0. The van der Waals surface area contributed by atoms with Crippen molar-refractivity contribution in [3.63, 3.8) is 0 Å². The number of aromatic amines is 1. The molecular weight excluding hydrogens is 364 g/mol. The van der Waals surface area contributed by atoms with Crippen molar-refractivity contribution >= 4 is 23.2 Å². The Morgan fingerprint density at radius 1 is 1.15 bits per heavy atom. The predicted octanol–water partition coefficient (Wildman–Crippen LogP) is 4.29. The average molecular weight is 378 g/mol. The quantitative estimate of drug-likeness (QED) is 0.408. The van der Waals surface area contributed by atoms with Crippen molar-refractivity contribution in [1.82, 2.24) is 9.97 Å². The minimum atomic E-state index is -0.663. The average Bonchev–Trinajstić information content (AvgIpc) is 2.68. The number of nitrogens with one attached hydrogen (secondary N) is 1. The van der Waals surface area contributed by atoms with Gasteiger partial charge in [0.2, 0.25) is 0 Å². The van der Waals surface area contributed by atoms with Crippen LogP contribution in [-0.2, 0) is 0 Å². The number of ether oxygens (including phenoxy) is 1. The molecule has 0 radical (unpaired) electrons. The lowest BCUT2D eigenvalue weighted by Gasteiger charge is -2.09. The minimum Gasteiger partial charge on any atom is -0.506 e. The summed E-state index contributed by atoms with van der Waals surface area (Å²) in [6, 6.07) is 15.7. The lowest BCUT2D eigenvalue weighted by molar-refractivity contribution is 0.415. The van der Waals surface area contributed by atoms with E-state index in [0.29, 0.717) is 28.1 Å². The van der Waals surface area contributed by atoms with E-state index < -0.39 is 5.63 Å². The Morgan fingerprint density at radius 2 is 1.89 bits per heavy atom. The first kappa shape index (κ1) is 17.0. The highest BCUT2D eigenvalue weighted by atomic mass is 32.1. The smallest absolute Gasteiger partial charge is 0.349 e. The highest BCUT2D eigenvalue weighted by molar-refractivity contribution is 7.71. The van der Waals surface area contributed by atoms with E-state index in [1.54, 1.807) is 49.6 Å². The topological polar surface area (TPSA) is 88.4 Å². The SMILES string of the molecule is COc1ccc(-c2cc(-c3c(O)c4ccccc4oc3=O)[nH]c(=S)n2)cc1. The van der Waals surface area contributed by atoms with Gasteiger partial charge in [-0.3, -0.25) is 0 Å². The molecule has 27 heavy (non-hydrogen) atoms. The number of para-hydroxylation sites is 1. The third-order valence-corrected chi connectivity index (χ3v) is 4.38. The lowest BCUT2D eigenvalue weighted by Crippen LogP contribution is -2.05. The summed E-state index contributed by atoms with van der Waals surface area (Å²) in [5.74, 6) is 0.548. The van der Waals surface area contributed by atoms with Crippen molar-refractivity contribution in [2.45, 2.75) is 0 Å². The Labute approximate surface area is 158 Å². The van der Waals surface area contributed by atoms with E-state index in [1.807, 2.05) is 12.1 Å². The maximum Gasteiger partial charge on any atom is 0.349 e. The zero-order valence-electron chi connectivity index (χ0n) is 14.2. The zero-order valence-corrected chi connectivity index (χ0v) is 15.0. The summed E-state index contributed by atoms with van der Waals surface area (Å²) >= 11 is 5.21. The molecule has 2 aromatic heterocycles. The number of hydrogen-bond acceptors (Lipinski definition) is 6. The van der Waals surface area contributed by atoms with Gasteiger partial charge in [0.15, 0.2) is 4.77 Å². The molecule has 0 aliphatic rings. The molecule has 7 heteroatoms. The van der Waals surface area contributed by atoms with Gasteiger partial charge in [-0.15, -0.1) is 0 Å². The van der Waals surface area contributed by atoms with Crippen LogP contribution in [0.3, 0.4) is 0 Å². The molecule has 0 saturated carbocycles. The van der Waals surface area contributed by atoms with Crippen molar-refractivity contribution in [2.24, 2.45) is 0 Å². The van der Waals surface area contributed by atoms with Gasteiger partial charge in [0.25, 0.3) is 0 Å². The molecule has 2 aromatic carbocycles. The highest BCUT2D eigenvalue weighted by Crippen LogP contribution is 2.33. The van der Waals surface area contributed by atoms with E-state index in [9.17, 15) is 9.90 Å². The van der Waals surface area contributed by atoms with Gasteiger partial charge in [-0.2, -0.15) is 0 Å². The van der Waals surface area contributed by atoms with Crippen LogP contribution in [0, 0.1) is 4.77 Å². The first-order valence-corrected chi connectivity index (χ1v) is 8.48. The van der Waals surface area contributed by atoms with E-state index in [4.69, 9.17) is 21.4 Å². The van der Waals surface area contributed by atoms with Crippen LogP contribution in [-0.4, -0.2) is 22.2 Å². The van der Waals surface area contributed by atoms with E-state index in [2.05, 4.69) is 9.97 Å². The molecule has 4 aromatic rings. The third kappa shape index (κ3) is 3.09. The third-order valence-electron chi connectivity index (χ3n) is 4.19. The second kappa shape index (κ2) is 6.69. The normalized spacial score (nSPS) is 10.9. The molecule has 0 spiro atoms. The molecule has 4 rings (SSSR count). The maximum atomic E-state index is 12.5. The molecule has 134 valence electrons. The fraction of sp³-hybridized carbons (Fsp3) is 0.0500. The Morgan fingerprint density at radius 3 is 2.63 bits per heavy atom. The van der Waals surface area contributed by atoms with Crippen molar-refractivity contribution in [3.05, 3.63) is 69.8 Å². The molecule has 0 aliphatic carbocycles. The maximum absolute atomic E-state index is 12.5. The molecule has 2 heterocycles. The summed E-state index contributed by atoms with van der Waals surface area (Å²) in [5, 5.41) is 11.1. The molecule has 0 amide bonds. The number of benzene rings is 2. The van der Waals surface area contributed by atoms with Crippen molar-refractivity contribution in [2.75, 3.05) is 7.11 Å². The number of fused-ring (bicyclic) bond motifs is 1. The van der Waals surface area contributed by atoms with Gasteiger partial charge < -0.3 is 19.2 Å². The van der Waals surface area contributed by atoms with Crippen molar-refractivity contribution < 1.29 is 14.3 Å². The Hall–Kier alpha value is -3.45. The first-order chi connectivity index (χ1) is 13.1. The summed E-state index contributed by atoms with van der Waals surface area (Å²) < 4.78 is 10.7. The van der Waals surface area contributed by atoms with Crippen LogP contribution >= 0.6 is 12.2 Å². The second-order valence-corrected chi connectivity index (χ2v) is 6.21. The van der Waals surface area contributed by atoms with Crippen LogP contribution in [0.5, 0.6) is 11.5 Å². The van der Waals surface area contributed by atoms with Gasteiger partial charge in [0.05, 0.1) is 23.9 Å². The number of nitrogens with zero attached hydrogens (tertiary/aromatic N) is 1. The van der Waals surface area contributed by atoms with E-state index >= 15 is 0 Å². The van der Waals surface area contributed by atoms with Gasteiger partial charge in [-0.05, 0) is 54.7 Å². The molecule has 0 atom stereocenters. The highest BCUT2D eigenvalue weighted by Gasteiger charge is 2.17. The first-order valence-electron chi connectivity index (χ1n) is 8.08. The van der Waals surface area contributed by atoms with E-state index in [0.717, 1.165) is 5.56 Å². The predicted molar refractivity (Wildman–Crippen MR) is 105 cm³/mol. The monoisotopic (exact) mass is 378 g/mol. The zero-order chi connectivity index (χ0) is 19.0. The molecule has 0 unspecified atom stereocenters. The van der Waals surface area contributed by atoms with Crippen molar-refractivity contribution in [3.8, 4) is 34.0 Å². The van der Waals surface area contributed by atoms with Crippen LogP contribution in [0.2, 0.25) is 0 Å². The Kier molecular flexibility index (Phi) is 4.21. The largest absolute Gasteiger partial charge is 0.506 e. The molecule has 2 N–H and O–H groups in total. The van der Waals surface area contributed by atoms with Crippen LogP contribution < -0.4 is 10.4 Å². The standard InChI is InChI=1S/C20H14N2O4S/c1-25-12-8-6-11(7-9-12)14-10-15(22-20(27)21-14)17-18(23)13-4-2-3-5-16(13)26-19(17)24/h2-10,23H,1H3,(H,21,22,27). The molecule has 0 saturated heterocycles. The van der Waals surface area contributed by atoms with Gasteiger partial charge in [0.1, 0.15) is 22.6 Å². The Balaban J connectivity index is 1.93. The van der Waals surface area contributed by atoms with Crippen LogP contribution in [0.15, 0.2) is 63.8 Å². The fourth-order valence-corrected chi connectivity index (χ4v) is 3.08. The van der Waals surface area contributed by atoms with Gasteiger partial charge in [0, 0.05) is 5.56 Å². The number of hydrogen-bond donors (Lipinski definition) is 2. The van der Waals surface area contributed by atoms with Crippen LogP contribution in [0.1, 0.15) is 0 Å². The minimum absolute atomic E-state index is 0.0111. The second-order valence-electron chi connectivity index (χ2n) is 5.82. The number of aromatic nitrogens is 2. The summed E-state index contributed by atoms with van der Waals surface area (Å²) in [4.78, 5) is 19.7. The molecule has 0 fully saturated rings. The molecule has 6 nitrogen and oxygen atoms in total. The van der Waals surface area contributed by atoms with Gasteiger partial charge >= 0.3 is 5.63 Å². The lowest BCUT2D eigenvalue weighted by atomic mass is 10.1. The molecule has 0 aliphatic heterocycles. The summed E-state index contributed by atoms with van der Waals surface area (Å²) in [5.41, 5.74) is 1.34. The fourth-order valence-electron chi connectivity index (χ4n) is 2.87. The number of rotatable bonds is 3. The number of methoxy groups -OCH3 is 1. The van der Waals surface area contributed by atoms with E-state index in [-0.39, 0.29) is 16.1 Å². The Bertz CT molecular complexity index is 1260. The van der Waals surface area contributed by atoms with Crippen molar-refractivity contribution in [1.29, 1.82) is 0 Å². The van der Waals surface area contributed by atoms with E-state index in [1.165, 1.54) is 0 Å². The van der Waals surface area contributed by atoms with Crippen LogP contribution in [0.25, 0.3) is 33.5 Å². The number of H-pyrrole nitrogens is 1. The molecular formula is C20H14N2O4S. The van der Waals surface area contributed by atoms with Gasteiger partial charge in [-0.1, -0.05) is 12.1 Å². The summed E-state index contributed by atoms with van der Waals surface area (Å²) in [7, 11) is 1.59. The van der Waals surface area contributed by atoms with Crippen LogP contribution in [0.4, 0.5) is 0 Å². The summed E-state index contributed by atoms with van der Waals surface area (Å²) in [6.45, 7) is 0.